The highest BCUT2D eigenvalue weighted by Gasteiger charge is 2.45. The predicted molar refractivity (Wildman–Crippen MR) is 237 cm³/mol. The third kappa shape index (κ3) is 13.4. The Hall–Kier alpha value is -5.64. The number of rotatable bonds is 16. The van der Waals surface area contributed by atoms with Crippen molar-refractivity contribution in [1.82, 2.24) is 9.80 Å². The van der Waals surface area contributed by atoms with E-state index in [0.717, 1.165) is 17.7 Å². The van der Waals surface area contributed by atoms with Crippen LogP contribution in [0.15, 0.2) is 119 Å². The molecule has 0 aromatic heterocycles. The first-order valence-corrected chi connectivity index (χ1v) is 23.8. The number of ether oxygens (including phenoxy) is 2. The predicted octanol–water partition coefficient (Wildman–Crippen LogP) is 6.46. The van der Waals surface area contributed by atoms with Crippen LogP contribution in [0.2, 0.25) is 0 Å². The standard InChI is InChI=1S/2C24H27NO5S/c1-2-3-15-30-22-11-7-8-12-23(22)31(28,29)18-25-14-13-20(24(26)27)17-21(25)16-19-9-5-4-6-10-19;1-2-3-17-30-21-9-11-22(12-10-21)31(28,29)19-24(23(26)27)13-15-25(16-14-24)18-20-7-5-4-6-8-20/h4-12,20-21H,13-18H2,1H3,(H,26,27);4-12H,13-19H2,1H3,(H,26,27). The Morgan fingerprint density at radius 1 is 0.726 bits per heavy atom. The minimum absolute atomic E-state index is 0.105. The van der Waals surface area contributed by atoms with Crippen LogP contribution < -0.4 is 9.47 Å². The molecule has 14 heteroatoms. The summed E-state index contributed by atoms with van der Waals surface area (Å²) in [7, 11) is -7.45. The lowest BCUT2D eigenvalue weighted by Gasteiger charge is -2.38. The zero-order chi connectivity index (χ0) is 44.6. The molecule has 4 aromatic carbocycles. The summed E-state index contributed by atoms with van der Waals surface area (Å²) >= 11 is 0. The van der Waals surface area contributed by atoms with Crippen LogP contribution in [0.25, 0.3) is 0 Å². The quantitative estimate of drug-likeness (QED) is 0.118. The van der Waals surface area contributed by atoms with E-state index >= 15 is 0 Å². The van der Waals surface area contributed by atoms with Gasteiger partial charge < -0.3 is 19.7 Å². The summed E-state index contributed by atoms with van der Waals surface area (Å²) in [5.74, 6) is 8.87. The topological polar surface area (TPSA) is 168 Å². The molecule has 2 heterocycles. The van der Waals surface area contributed by atoms with Crippen LogP contribution in [0.4, 0.5) is 0 Å². The largest absolute Gasteiger partial charge is 0.481 e. The van der Waals surface area contributed by atoms with Gasteiger partial charge in [0.1, 0.15) is 35.5 Å². The number of para-hydroxylation sites is 1. The highest BCUT2D eigenvalue weighted by Crippen LogP contribution is 2.36. The van der Waals surface area contributed by atoms with Crippen LogP contribution in [0.3, 0.4) is 0 Å². The van der Waals surface area contributed by atoms with Crippen molar-refractivity contribution in [2.45, 2.75) is 68.3 Å². The fourth-order valence-electron chi connectivity index (χ4n) is 7.68. The Bertz CT molecular complexity index is 2450. The molecule has 2 aliphatic rings. The van der Waals surface area contributed by atoms with Crippen molar-refractivity contribution in [3.8, 4) is 35.2 Å². The van der Waals surface area contributed by atoms with Gasteiger partial charge in [-0.25, -0.2) is 16.8 Å². The fourth-order valence-corrected chi connectivity index (χ4v) is 11.2. The van der Waals surface area contributed by atoms with Crippen molar-refractivity contribution in [1.29, 1.82) is 0 Å². The van der Waals surface area contributed by atoms with Gasteiger partial charge in [0, 0.05) is 19.1 Å². The molecule has 0 spiro atoms. The van der Waals surface area contributed by atoms with Gasteiger partial charge in [0.05, 0.1) is 22.0 Å². The zero-order valence-electron chi connectivity index (χ0n) is 35.1. The number of carboxylic acids is 2. The van der Waals surface area contributed by atoms with Gasteiger partial charge in [0.2, 0.25) is 0 Å². The van der Waals surface area contributed by atoms with E-state index in [-0.39, 0.29) is 40.7 Å². The Labute approximate surface area is 365 Å². The third-order valence-electron chi connectivity index (χ3n) is 11.2. The Kier molecular flexibility index (Phi) is 17.2. The number of carbonyl (C=O) groups is 2. The molecule has 0 amide bonds. The second-order valence-corrected chi connectivity index (χ2v) is 19.3. The molecule has 12 nitrogen and oxygen atoms in total. The zero-order valence-corrected chi connectivity index (χ0v) is 36.7. The first-order valence-electron chi connectivity index (χ1n) is 20.4. The molecule has 2 aliphatic heterocycles. The summed E-state index contributed by atoms with van der Waals surface area (Å²) in [5.41, 5.74) is 0.936. The van der Waals surface area contributed by atoms with E-state index in [9.17, 15) is 36.6 Å². The van der Waals surface area contributed by atoms with Gasteiger partial charge in [-0.3, -0.25) is 19.4 Å². The van der Waals surface area contributed by atoms with Crippen molar-refractivity contribution in [3.63, 3.8) is 0 Å². The Balaban J connectivity index is 0.000000234. The molecular weight excluding hydrogens is 829 g/mol. The Morgan fingerprint density at radius 3 is 1.90 bits per heavy atom. The minimum Gasteiger partial charge on any atom is -0.481 e. The van der Waals surface area contributed by atoms with Gasteiger partial charge in [-0.2, -0.15) is 0 Å². The number of hydrogen-bond donors (Lipinski definition) is 2. The molecule has 2 unspecified atom stereocenters. The molecule has 0 radical (unpaired) electrons. The summed E-state index contributed by atoms with van der Waals surface area (Å²) < 4.78 is 63.6. The van der Waals surface area contributed by atoms with Crippen molar-refractivity contribution in [3.05, 3.63) is 120 Å². The molecule has 4 aromatic rings. The van der Waals surface area contributed by atoms with Gasteiger partial charge >= 0.3 is 11.9 Å². The maximum absolute atomic E-state index is 13.3. The fraction of sp³-hybridized carbons (Fsp3) is 0.375. The number of likely N-dealkylation sites (tertiary alicyclic amines) is 2. The first kappa shape index (κ1) is 47.4. The second-order valence-electron chi connectivity index (χ2n) is 15.4. The van der Waals surface area contributed by atoms with Crippen LogP contribution in [0.5, 0.6) is 11.5 Å². The van der Waals surface area contributed by atoms with Gasteiger partial charge in [0.15, 0.2) is 19.7 Å². The van der Waals surface area contributed by atoms with E-state index < -0.39 is 48.7 Å². The molecule has 2 fully saturated rings. The van der Waals surface area contributed by atoms with Crippen molar-refractivity contribution in [2.24, 2.45) is 11.3 Å². The van der Waals surface area contributed by atoms with E-state index in [0.29, 0.717) is 57.5 Å². The Morgan fingerprint density at radius 2 is 1.31 bits per heavy atom. The maximum atomic E-state index is 13.3. The van der Waals surface area contributed by atoms with Crippen LogP contribution in [0.1, 0.15) is 50.7 Å². The van der Waals surface area contributed by atoms with Gasteiger partial charge in [-0.1, -0.05) is 84.6 Å². The molecule has 2 N–H and O–H groups in total. The molecule has 0 saturated carbocycles. The van der Waals surface area contributed by atoms with Crippen LogP contribution >= 0.6 is 0 Å². The van der Waals surface area contributed by atoms with Gasteiger partial charge in [-0.05, 0) is 107 Å². The lowest BCUT2D eigenvalue weighted by Crippen LogP contribution is -2.47. The lowest BCUT2D eigenvalue weighted by atomic mass is 9.80. The van der Waals surface area contributed by atoms with Gasteiger partial charge in [-0.15, -0.1) is 11.8 Å². The third-order valence-corrected chi connectivity index (χ3v) is 14.8. The highest BCUT2D eigenvalue weighted by atomic mass is 32.2. The van der Waals surface area contributed by atoms with Crippen LogP contribution in [-0.2, 0) is 42.2 Å². The number of benzene rings is 4. The SMILES string of the molecule is CC#CCOc1ccc(S(=O)(=O)CC2(C(=O)O)CCN(Cc3ccccc3)CC2)cc1.CC#CCOc1ccccc1S(=O)(=O)CN1CCC(C(=O)O)CC1Cc1ccccc1. The normalized spacial score (nSPS) is 17.7. The van der Waals surface area contributed by atoms with E-state index in [1.165, 1.54) is 12.1 Å². The summed E-state index contributed by atoms with van der Waals surface area (Å²) in [6.45, 7) is 5.98. The number of nitrogens with zero attached hydrogens (tertiary/aromatic N) is 2. The lowest BCUT2D eigenvalue weighted by molar-refractivity contribution is -0.150. The molecule has 62 heavy (non-hydrogen) atoms. The number of piperidine rings is 2. The molecule has 2 atom stereocenters. The smallest absolute Gasteiger partial charge is 0.310 e. The monoisotopic (exact) mass is 882 g/mol. The minimum atomic E-state index is -3.76. The summed E-state index contributed by atoms with van der Waals surface area (Å²) in [6.07, 6.45) is 2.05. The van der Waals surface area contributed by atoms with Crippen molar-refractivity contribution >= 4 is 31.6 Å². The summed E-state index contributed by atoms with van der Waals surface area (Å²) in [6, 6.07) is 32.2. The molecule has 328 valence electrons. The second kappa shape index (κ2) is 22.5. The van der Waals surface area contributed by atoms with Crippen LogP contribution in [0, 0.1) is 35.0 Å². The number of sulfone groups is 2. The summed E-state index contributed by atoms with van der Waals surface area (Å²) in [5, 5.41) is 19.4. The molecular formula is C48H54N2O10S2. The first-order chi connectivity index (χ1) is 29.7. The molecule has 0 aliphatic carbocycles. The highest BCUT2D eigenvalue weighted by molar-refractivity contribution is 7.91. The number of carboxylic acid groups (broad SMARTS) is 2. The maximum Gasteiger partial charge on any atom is 0.310 e. The van der Waals surface area contributed by atoms with Crippen LogP contribution in [-0.4, -0.2) is 99.3 Å². The van der Waals surface area contributed by atoms with Crippen molar-refractivity contribution < 1.29 is 46.1 Å². The molecule has 0 bridgehead atoms. The average Bonchev–Trinajstić information content (AvgIpc) is 3.26. The van der Waals surface area contributed by atoms with E-state index in [2.05, 4.69) is 28.6 Å². The van der Waals surface area contributed by atoms with Gasteiger partial charge in [0.25, 0.3) is 0 Å². The van der Waals surface area contributed by atoms with E-state index in [4.69, 9.17) is 9.47 Å². The number of aliphatic carboxylic acids is 2. The summed E-state index contributed by atoms with van der Waals surface area (Å²) in [4.78, 5) is 28.0. The van der Waals surface area contributed by atoms with E-state index in [1.807, 2.05) is 65.6 Å². The van der Waals surface area contributed by atoms with E-state index in [1.54, 1.807) is 50.2 Å². The molecule has 2 saturated heterocycles. The molecule has 6 rings (SSSR count). The van der Waals surface area contributed by atoms with Crippen molar-refractivity contribution in [2.75, 3.05) is 44.5 Å². The average molecular weight is 883 g/mol. The number of hydrogen-bond acceptors (Lipinski definition) is 10.